The van der Waals surface area contributed by atoms with Gasteiger partial charge in [-0.3, -0.25) is 4.79 Å². The maximum Gasteiger partial charge on any atom is 0.326 e. The highest BCUT2D eigenvalue weighted by Gasteiger charge is 2.39. The van der Waals surface area contributed by atoms with Gasteiger partial charge in [0.2, 0.25) is 0 Å². The first kappa shape index (κ1) is 14.1. The minimum Gasteiger partial charge on any atom is -0.497 e. The summed E-state index contributed by atoms with van der Waals surface area (Å²) in [6.45, 7) is -0.0214. The number of aliphatic hydroxyl groups excluding tert-OH is 1. The Hall–Kier alpha value is -2.28. The number of methoxy groups -OCH3 is 1. The fraction of sp³-hybridized carbons (Fsp3) is 0.385. The molecule has 1 amide bonds. The number of carbonyl (C=O) groups excluding carboxylic acids is 1. The molecule has 0 unspecified atom stereocenters. The molecule has 0 aliphatic carbocycles. The van der Waals surface area contributed by atoms with Gasteiger partial charge in [-0.2, -0.15) is 0 Å². The second-order valence-electron chi connectivity index (χ2n) is 4.65. The second kappa shape index (κ2) is 5.38. The largest absolute Gasteiger partial charge is 0.497 e. The second-order valence-corrected chi connectivity index (χ2v) is 4.65. The summed E-state index contributed by atoms with van der Waals surface area (Å²) in [5.74, 6) is -1.21. The molecule has 0 aromatic heterocycles. The van der Waals surface area contributed by atoms with Crippen molar-refractivity contribution in [3.8, 4) is 5.75 Å². The van der Waals surface area contributed by atoms with Crippen molar-refractivity contribution in [3.63, 3.8) is 0 Å². The number of carboxylic acids is 1. The van der Waals surface area contributed by atoms with Crippen LogP contribution >= 0.6 is 0 Å². The van der Waals surface area contributed by atoms with Gasteiger partial charge >= 0.3 is 5.97 Å². The van der Waals surface area contributed by atoms with E-state index in [1.54, 1.807) is 6.07 Å². The normalized spacial score (nSPS) is 21.8. The minimum absolute atomic E-state index is 0.0188. The first-order valence-electron chi connectivity index (χ1n) is 6.09. The van der Waals surface area contributed by atoms with Gasteiger partial charge in [0.05, 0.1) is 18.8 Å². The van der Waals surface area contributed by atoms with E-state index in [1.807, 2.05) is 0 Å². The number of nitrogens with two attached hydrogens (primary N) is 1. The third kappa shape index (κ3) is 2.53. The highest BCUT2D eigenvalue weighted by Crippen LogP contribution is 2.25. The van der Waals surface area contributed by atoms with E-state index in [1.165, 1.54) is 19.2 Å². The number of aliphatic hydroxyl groups is 1. The van der Waals surface area contributed by atoms with E-state index >= 15 is 0 Å². The molecule has 1 aromatic rings. The predicted molar refractivity (Wildman–Crippen MR) is 70.5 cm³/mol. The van der Waals surface area contributed by atoms with Crippen molar-refractivity contribution in [1.82, 2.24) is 4.90 Å². The molecule has 0 saturated carbocycles. The van der Waals surface area contributed by atoms with Gasteiger partial charge in [0, 0.05) is 18.7 Å². The van der Waals surface area contributed by atoms with Crippen LogP contribution in [0.1, 0.15) is 16.8 Å². The molecule has 2 atom stereocenters. The summed E-state index contributed by atoms with van der Waals surface area (Å²) in [5, 5.41) is 18.7. The Morgan fingerprint density at radius 1 is 1.45 bits per heavy atom. The van der Waals surface area contributed by atoms with Crippen LogP contribution in [0.3, 0.4) is 0 Å². The Balaban J connectivity index is 2.33. The smallest absolute Gasteiger partial charge is 0.326 e. The van der Waals surface area contributed by atoms with E-state index < -0.39 is 24.0 Å². The third-order valence-corrected chi connectivity index (χ3v) is 3.32. The van der Waals surface area contributed by atoms with Gasteiger partial charge in [-0.1, -0.05) is 0 Å². The van der Waals surface area contributed by atoms with Crippen LogP contribution in [-0.2, 0) is 4.79 Å². The molecule has 4 N–H and O–H groups in total. The van der Waals surface area contributed by atoms with Crippen LogP contribution in [0.5, 0.6) is 5.75 Å². The van der Waals surface area contributed by atoms with Crippen molar-refractivity contribution in [2.75, 3.05) is 19.4 Å². The molecular formula is C13H16N2O5. The first-order valence-corrected chi connectivity index (χ1v) is 6.09. The number of rotatable bonds is 3. The van der Waals surface area contributed by atoms with Gasteiger partial charge in [-0.15, -0.1) is 0 Å². The molecule has 1 fully saturated rings. The van der Waals surface area contributed by atoms with E-state index in [9.17, 15) is 14.7 Å². The van der Waals surface area contributed by atoms with Crippen LogP contribution in [0.2, 0.25) is 0 Å². The molecule has 20 heavy (non-hydrogen) atoms. The van der Waals surface area contributed by atoms with Gasteiger partial charge in [0.15, 0.2) is 0 Å². The zero-order valence-electron chi connectivity index (χ0n) is 10.9. The molecule has 1 saturated heterocycles. The van der Waals surface area contributed by atoms with Gasteiger partial charge in [0.25, 0.3) is 5.91 Å². The van der Waals surface area contributed by atoms with Gasteiger partial charge in [-0.05, 0) is 18.2 Å². The summed E-state index contributed by atoms with van der Waals surface area (Å²) in [6.07, 6.45) is -0.822. The summed E-state index contributed by atoms with van der Waals surface area (Å²) in [6, 6.07) is 3.55. The lowest BCUT2D eigenvalue weighted by Gasteiger charge is -2.22. The Morgan fingerprint density at radius 2 is 2.15 bits per heavy atom. The van der Waals surface area contributed by atoms with Crippen molar-refractivity contribution in [2.24, 2.45) is 0 Å². The number of hydrogen-bond acceptors (Lipinski definition) is 5. The molecule has 1 aliphatic rings. The topological polar surface area (TPSA) is 113 Å². The number of β-amino-alcohol motifs (C(OH)–C–C–N with tert-alkyl or cyclic N) is 1. The highest BCUT2D eigenvalue weighted by molar-refractivity contribution is 6.01. The highest BCUT2D eigenvalue weighted by atomic mass is 16.5. The van der Waals surface area contributed by atoms with Crippen molar-refractivity contribution in [3.05, 3.63) is 23.8 Å². The van der Waals surface area contributed by atoms with E-state index in [0.29, 0.717) is 5.75 Å². The number of aliphatic carboxylic acids is 1. The Labute approximate surface area is 115 Å². The molecule has 7 heteroatoms. The minimum atomic E-state index is -1.14. The first-order chi connectivity index (χ1) is 9.43. The monoisotopic (exact) mass is 280 g/mol. The fourth-order valence-electron chi connectivity index (χ4n) is 2.27. The van der Waals surface area contributed by atoms with Gasteiger partial charge in [-0.25, -0.2) is 4.79 Å². The molecule has 7 nitrogen and oxygen atoms in total. The lowest BCUT2D eigenvalue weighted by Crippen LogP contribution is -2.40. The molecule has 1 aliphatic heterocycles. The van der Waals surface area contributed by atoms with E-state index in [-0.39, 0.29) is 24.2 Å². The molecule has 108 valence electrons. The summed E-state index contributed by atoms with van der Waals surface area (Å²) >= 11 is 0. The summed E-state index contributed by atoms with van der Waals surface area (Å²) in [4.78, 5) is 24.7. The van der Waals surface area contributed by atoms with Crippen LogP contribution in [-0.4, -0.2) is 52.8 Å². The number of anilines is 1. The summed E-state index contributed by atoms with van der Waals surface area (Å²) < 4.78 is 5.03. The van der Waals surface area contributed by atoms with Crippen molar-refractivity contribution < 1.29 is 24.5 Å². The van der Waals surface area contributed by atoms with Crippen LogP contribution < -0.4 is 10.5 Å². The lowest BCUT2D eigenvalue weighted by atomic mass is 10.1. The summed E-state index contributed by atoms with van der Waals surface area (Å²) in [5.41, 5.74) is 6.16. The zero-order chi connectivity index (χ0) is 14.9. The number of carbonyl (C=O) groups is 2. The van der Waals surface area contributed by atoms with Crippen LogP contribution in [0.25, 0.3) is 0 Å². The van der Waals surface area contributed by atoms with Gasteiger partial charge in [0.1, 0.15) is 11.8 Å². The Bertz CT molecular complexity index is 546. The molecule has 0 spiro atoms. The van der Waals surface area contributed by atoms with Crippen molar-refractivity contribution >= 4 is 17.6 Å². The number of benzene rings is 1. The standard InChI is InChI=1S/C13H16N2O5/c1-20-8-2-3-10(14)9(5-8)12(17)15-6-7(16)4-11(15)13(18)19/h2-3,5,7,11,16H,4,6,14H2,1H3,(H,18,19)/t7-,11+/m1/s1. The maximum atomic E-state index is 12.4. The van der Waals surface area contributed by atoms with Crippen molar-refractivity contribution in [1.29, 1.82) is 0 Å². The number of amides is 1. The van der Waals surface area contributed by atoms with E-state index in [0.717, 1.165) is 4.90 Å². The average Bonchev–Trinajstić information content (AvgIpc) is 2.81. The lowest BCUT2D eigenvalue weighted by molar-refractivity contribution is -0.141. The number of carboxylic acid groups (broad SMARTS) is 1. The SMILES string of the molecule is COc1ccc(N)c(C(=O)N2C[C@H](O)C[C@H]2C(=O)O)c1. The van der Waals surface area contributed by atoms with Gasteiger partial charge < -0.3 is 25.6 Å². The maximum absolute atomic E-state index is 12.4. The summed E-state index contributed by atoms with van der Waals surface area (Å²) in [7, 11) is 1.46. The number of nitrogens with zero attached hydrogens (tertiary/aromatic N) is 1. The fourth-order valence-corrected chi connectivity index (χ4v) is 2.27. The predicted octanol–water partition coefficient (Wildman–Crippen LogP) is -0.0626. The third-order valence-electron chi connectivity index (χ3n) is 3.32. The number of hydrogen-bond donors (Lipinski definition) is 3. The zero-order valence-corrected chi connectivity index (χ0v) is 10.9. The van der Waals surface area contributed by atoms with E-state index in [2.05, 4.69) is 0 Å². The van der Waals surface area contributed by atoms with Crippen LogP contribution in [0.15, 0.2) is 18.2 Å². The molecule has 1 aromatic carbocycles. The Kier molecular flexibility index (Phi) is 3.80. The van der Waals surface area contributed by atoms with Crippen LogP contribution in [0, 0.1) is 0 Å². The van der Waals surface area contributed by atoms with Crippen molar-refractivity contribution in [2.45, 2.75) is 18.6 Å². The average molecular weight is 280 g/mol. The van der Waals surface area contributed by atoms with Crippen LogP contribution in [0.4, 0.5) is 5.69 Å². The molecule has 0 bridgehead atoms. The molecule has 1 heterocycles. The number of ether oxygens (including phenoxy) is 1. The number of likely N-dealkylation sites (tertiary alicyclic amines) is 1. The van der Waals surface area contributed by atoms with E-state index in [4.69, 9.17) is 15.6 Å². The Morgan fingerprint density at radius 3 is 2.75 bits per heavy atom. The molecule has 2 rings (SSSR count). The molecular weight excluding hydrogens is 264 g/mol. The number of nitrogen functional groups attached to an aromatic ring is 1. The molecule has 0 radical (unpaired) electrons. The quantitative estimate of drug-likeness (QED) is 0.668.